The van der Waals surface area contributed by atoms with E-state index in [0.717, 1.165) is 62.4 Å². The van der Waals surface area contributed by atoms with Crippen LogP contribution in [0.4, 0.5) is 4.79 Å². The fourth-order valence-electron chi connectivity index (χ4n) is 3.93. The Hall–Kier alpha value is -2.16. The first kappa shape index (κ1) is 18.2. The van der Waals surface area contributed by atoms with Gasteiger partial charge in [-0.25, -0.2) is 4.79 Å². The number of carbonyl (C=O) groups is 1. The molecule has 1 amide bonds. The molecule has 0 aromatic carbocycles. The Bertz CT molecular complexity index is 730. The molecule has 1 saturated heterocycles. The number of aromatic nitrogens is 3. The van der Waals surface area contributed by atoms with Crippen molar-refractivity contribution >= 4 is 11.8 Å². The lowest BCUT2D eigenvalue weighted by Gasteiger charge is -2.37. The first-order valence-electron chi connectivity index (χ1n) is 9.65. The van der Waals surface area contributed by atoms with Gasteiger partial charge in [0.15, 0.2) is 0 Å². The Kier molecular flexibility index (Phi) is 4.57. The third-order valence-corrected chi connectivity index (χ3v) is 5.38. The fraction of sp³-hybridized carbons (Fsp3) is 0.778. The largest absolute Gasteiger partial charge is 0.444 e. The van der Waals surface area contributed by atoms with Crippen molar-refractivity contribution in [1.29, 1.82) is 0 Å². The van der Waals surface area contributed by atoms with E-state index in [1.807, 2.05) is 20.8 Å². The molecule has 9 heteroatoms. The summed E-state index contributed by atoms with van der Waals surface area (Å²) in [6, 6.07) is 0. The van der Waals surface area contributed by atoms with E-state index in [9.17, 15) is 4.79 Å². The highest BCUT2D eigenvalue weighted by Crippen LogP contribution is 2.35. The molecule has 0 atom stereocenters. The van der Waals surface area contributed by atoms with Crippen LogP contribution < -0.4 is 0 Å². The summed E-state index contributed by atoms with van der Waals surface area (Å²) in [4.78, 5) is 22.2. The van der Waals surface area contributed by atoms with E-state index in [2.05, 4.69) is 25.5 Å². The highest BCUT2D eigenvalue weighted by molar-refractivity contribution is 5.88. The van der Waals surface area contributed by atoms with Gasteiger partial charge in [-0.1, -0.05) is 10.4 Å². The van der Waals surface area contributed by atoms with Crippen molar-refractivity contribution in [3.05, 3.63) is 11.4 Å². The lowest BCUT2D eigenvalue weighted by molar-refractivity contribution is -0.0639. The number of nitrogens with zero attached hydrogens (tertiary/aromatic N) is 5. The average molecular weight is 376 g/mol. The van der Waals surface area contributed by atoms with Gasteiger partial charge >= 0.3 is 6.09 Å². The molecule has 4 rings (SSSR count). The summed E-state index contributed by atoms with van der Waals surface area (Å²) >= 11 is 0. The molecule has 0 radical (unpaired) electrons. The van der Waals surface area contributed by atoms with E-state index in [4.69, 9.17) is 9.57 Å². The fourth-order valence-corrected chi connectivity index (χ4v) is 3.93. The lowest BCUT2D eigenvalue weighted by atomic mass is 9.87. The van der Waals surface area contributed by atoms with Crippen molar-refractivity contribution in [3.63, 3.8) is 0 Å². The topological polar surface area (TPSA) is 95.9 Å². The van der Waals surface area contributed by atoms with Crippen LogP contribution in [-0.4, -0.2) is 74.4 Å². The Morgan fingerprint density at radius 2 is 2.07 bits per heavy atom. The summed E-state index contributed by atoms with van der Waals surface area (Å²) in [5.41, 5.74) is 2.52. The number of ether oxygens (including phenoxy) is 1. The minimum atomic E-state index is -0.468. The van der Waals surface area contributed by atoms with Crippen LogP contribution in [0.5, 0.6) is 0 Å². The smallest absolute Gasteiger partial charge is 0.410 e. The molecule has 148 valence electrons. The number of rotatable bonds is 2. The van der Waals surface area contributed by atoms with Crippen LogP contribution in [0.25, 0.3) is 0 Å². The molecule has 9 nitrogen and oxygen atoms in total. The SMILES string of the molecule is CC(C)(C)OC(=O)N1CCC2(CC1)CC(CN1CCc3[nH]nnc3C1)=NO2. The van der Waals surface area contributed by atoms with Gasteiger partial charge in [-0.05, 0) is 20.8 Å². The molecule has 0 bridgehead atoms. The first-order chi connectivity index (χ1) is 12.8. The highest BCUT2D eigenvalue weighted by atomic mass is 16.7. The summed E-state index contributed by atoms with van der Waals surface area (Å²) in [6.45, 7) is 9.51. The summed E-state index contributed by atoms with van der Waals surface area (Å²) in [5, 5.41) is 15.4. The van der Waals surface area contributed by atoms with E-state index in [1.165, 1.54) is 0 Å². The predicted octanol–water partition coefficient (Wildman–Crippen LogP) is 1.71. The maximum absolute atomic E-state index is 12.2. The van der Waals surface area contributed by atoms with Crippen molar-refractivity contribution < 1.29 is 14.4 Å². The molecule has 3 aliphatic rings. The van der Waals surface area contributed by atoms with Crippen LogP contribution >= 0.6 is 0 Å². The average Bonchev–Trinajstić information content (AvgIpc) is 3.21. The number of nitrogens with one attached hydrogen (secondary N) is 1. The highest BCUT2D eigenvalue weighted by Gasteiger charge is 2.43. The van der Waals surface area contributed by atoms with Gasteiger partial charge in [-0.15, -0.1) is 5.10 Å². The van der Waals surface area contributed by atoms with Crippen LogP contribution in [0.3, 0.4) is 0 Å². The van der Waals surface area contributed by atoms with Crippen LogP contribution in [0.2, 0.25) is 0 Å². The van der Waals surface area contributed by atoms with Crippen molar-refractivity contribution in [3.8, 4) is 0 Å². The number of aromatic amines is 1. The van der Waals surface area contributed by atoms with Crippen molar-refractivity contribution in [2.45, 2.75) is 64.2 Å². The van der Waals surface area contributed by atoms with Gasteiger partial charge in [0.25, 0.3) is 0 Å². The monoisotopic (exact) mass is 376 g/mol. The summed E-state index contributed by atoms with van der Waals surface area (Å²) in [7, 11) is 0. The van der Waals surface area contributed by atoms with Crippen LogP contribution in [-0.2, 0) is 22.5 Å². The van der Waals surface area contributed by atoms with Gasteiger partial charge in [-0.2, -0.15) is 0 Å². The number of oxime groups is 1. The van der Waals surface area contributed by atoms with Crippen LogP contribution in [0.1, 0.15) is 51.4 Å². The zero-order valence-corrected chi connectivity index (χ0v) is 16.3. The molecular weight excluding hydrogens is 348 g/mol. The van der Waals surface area contributed by atoms with Gasteiger partial charge in [0.1, 0.15) is 11.2 Å². The number of amides is 1. The Labute approximate surface area is 159 Å². The molecule has 0 saturated carbocycles. The van der Waals surface area contributed by atoms with E-state index in [1.54, 1.807) is 4.90 Å². The van der Waals surface area contributed by atoms with Crippen molar-refractivity contribution in [2.75, 3.05) is 26.2 Å². The molecule has 3 aliphatic heterocycles. The van der Waals surface area contributed by atoms with Crippen LogP contribution in [0.15, 0.2) is 5.16 Å². The van der Waals surface area contributed by atoms with Crippen molar-refractivity contribution in [2.24, 2.45) is 5.16 Å². The normalized spacial score (nSPS) is 22.3. The molecule has 1 N–H and O–H groups in total. The van der Waals surface area contributed by atoms with E-state index in [-0.39, 0.29) is 11.7 Å². The lowest BCUT2D eigenvalue weighted by Crippen LogP contribution is -2.48. The van der Waals surface area contributed by atoms with Gasteiger partial charge in [0.05, 0.1) is 17.1 Å². The molecule has 27 heavy (non-hydrogen) atoms. The van der Waals surface area contributed by atoms with Crippen LogP contribution in [0, 0.1) is 0 Å². The molecule has 1 aromatic heterocycles. The molecule has 1 aromatic rings. The zero-order valence-electron chi connectivity index (χ0n) is 16.3. The quantitative estimate of drug-likeness (QED) is 0.844. The standard InChI is InChI=1S/C18H28N6O3/c1-17(2,3)26-16(25)24-8-5-18(6-9-24)10-13(21-27-18)11-23-7-4-14-15(12-23)20-22-19-14/h4-12H2,1-3H3,(H,19,20,22). The van der Waals surface area contributed by atoms with Gasteiger partial charge < -0.3 is 14.5 Å². The van der Waals surface area contributed by atoms with Crippen molar-refractivity contribution in [1.82, 2.24) is 25.2 Å². The molecule has 0 aliphatic carbocycles. The minimum Gasteiger partial charge on any atom is -0.444 e. The second-order valence-corrected chi connectivity index (χ2v) is 8.77. The number of H-pyrrole nitrogens is 1. The molecule has 1 fully saturated rings. The number of carbonyl (C=O) groups excluding carboxylic acids is 1. The zero-order chi connectivity index (χ0) is 19.1. The van der Waals surface area contributed by atoms with E-state index < -0.39 is 5.60 Å². The number of hydrogen-bond acceptors (Lipinski definition) is 7. The third kappa shape index (κ3) is 4.07. The first-order valence-corrected chi connectivity index (χ1v) is 9.65. The molecule has 0 unspecified atom stereocenters. The number of fused-ring (bicyclic) bond motifs is 1. The molecule has 1 spiro atoms. The van der Waals surface area contributed by atoms with Gasteiger partial charge in [0, 0.05) is 58.4 Å². The summed E-state index contributed by atoms with van der Waals surface area (Å²) in [6.07, 6.45) is 3.09. The summed E-state index contributed by atoms with van der Waals surface area (Å²) in [5.74, 6) is 0. The maximum atomic E-state index is 12.2. The Morgan fingerprint density at radius 3 is 2.81 bits per heavy atom. The molecular formula is C18H28N6O3. The maximum Gasteiger partial charge on any atom is 0.410 e. The Morgan fingerprint density at radius 1 is 1.30 bits per heavy atom. The van der Waals surface area contributed by atoms with E-state index in [0.29, 0.717) is 13.1 Å². The molecule has 4 heterocycles. The second kappa shape index (κ2) is 6.78. The number of likely N-dealkylation sites (tertiary alicyclic amines) is 1. The second-order valence-electron chi connectivity index (χ2n) is 8.77. The third-order valence-electron chi connectivity index (χ3n) is 5.38. The van der Waals surface area contributed by atoms with Gasteiger partial charge in [-0.3, -0.25) is 10.00 Å². The number of hydrogen-bond donors (Lipinski definition) is 1. The number of piperidine rings is 1. The predicted molar refractivity (Wildman–Crippen MR) is 98.3 cm³/mol. The minimum absolute atomic E-state index is 0.242. The Balaban J connectivity index is 1.27. The van der Waals surface area contributed by atoms with E-state index >= 15 is 0 Å². The summed E-state index contributed by atoms with van der Waals surface area (Å²) < 4.78 is 5.47. The van der Waals surface area contributed by atoms with Gasteiger partial charge in [0.2, 0.25) is 0 Å².